The Morgan fingerprint density at radius 2 is 2.00 bits per heavy atom. The van der Waals surface area contributed by atoms with Crippen molar-refractivity contribution in [2.75, 3.05) is 7.11 Å². The number of hydrogen-bond acceptors (Lipinski definition) is 4. The molecule has 1 heterocycles. The van der Waals surface area contributed by atoms with E-state index in [1.165, 1.54) is 31.4 Å². The number of benzene rings is 2. The van der Waals surface area contributed by atoms with E-state index in [4.69, 9.17) is 4.74 Å². The number of ether oxygens (including phenoxy) is 1. The van der Waals surface area contributed by atoms with E-state index >= 15 is 0 Å². The number of methoxy groups -OCH3 is 1. The van der Waals surface area contributed by atoms with Crippen molar-refractivity contribution in [3.63, 3.8) is 0 Å². The van der Waals surface area contributed by atoms with Crippen LogP contribution in [0, 0.1) is 5.82 Å². The Labute approximate surface area is 176 Å². The lowest BCUT2D eigenvalue weighted by molar-refractivity contribution is -0.232. The van der Waals surface area contributed by atoms with Gasteiger partial charge >= 0.3 is 6.18 Å². The molecule has 0 fully saturated rings. The Bertz CT molecular complexity index is 1010. The molecule has 2 unspecified atom stereocenters. The fourth-order valence-corrected chi connectivity index (χ4v) is 3.59. The molecule has 2 aromatic carbocycles. The van der Waals surface area contributed by atoms with E-state index in [-0.39, 0.29) is 30.3 Å². The number of rotatable bonds is 7. The first-order chi connectivity index (χ1) is 14.6. The van der Waals surface area contributed by atoms with Crippen LogP contribution in [0.2, 0.25) is 0 Å². The molecule has 0 spiro atoms. The van der Waals surface area contributed by atoms with Gasteiger partial charge in [0.05, 0.1) is 12.8 Å². The van der Waals surface area contributed by atoms with Gasteiger partial charge in [-0.15, -0.1) is 0 Å². The molecule has 2 atom stereocenters. The lowest BCUT2D eigenvalue weighted by Crippen LogP contribution is -2.47. The maximum Gasteiger partial charge on any atom is 0.422 e. The van der Waals surface area contributed by atoms with Crippen LogP contribution in [-0.2, 0) is 6.54 Å². The number of hydrogen-bond donors (Lipinski definition) is 2. The average molecular weight is 438 g/mol. The molecular weight excluding hydrogens is 416 g/mol. The van der Waals surface area contributed by atoms with Gasteiger partial charge in [0.25, 0.3) is 5.91 Å². The fraction of sp³-hybridized carbons (Fsp3) is 0.364. The molecule has 0 saturated heterocycles. The standard InChI is InChI=1S/C22H22F4N2O3/c1-3-13(17-6-4-15(23)9-19(17)31-2)10-21(30,22(24,25)26)12-28-16-5-7-18-14(8-16)11-27-20(18)29/h4-9,12-13,30H,3,10-11H2,1-2H3,(H,27,29)/b28-12+. The number of nitrogens with one attached hydrogen (secondary N) is 1. The number of alkyl halides is 3. The maximum absolute atomic E-state index is 13.8. The minimum absolute atomic E-state index is 0.115. The number of fused-ring (bicyclic) bond motifs is 1. The maximum atomic E-state index is 13.8. The molecule has 2 N–H and O–H groups in total. The molecule has 1 amide bonds. The largest absolute Gasteiger partial charge is 0.496 e. The number of nitrogens with zero attached hydrogens (tertiary/aromatic N) is 1. The lowest BCUT2D eigenvalue weighted by Gasteiger charge is -2.31. The zero-order valence-electron chi connectivity index (χ0n) is 17.0. The first kappa shape index (κ1) is 22.7. The Morgan fingerprint density at radius 3 is 2.65 bits per heavy atom. The van der Waals surface area contributed by atoms with Gasteiger partial charge in [0.1, 0.15) is 11.6 Å². The molecular formula is C22H22F4N2O3. The second kappa shape index (κ2) is 8.66. The molecule has 0 aliphatic carbocycles. The van der Waals surface area contributed by atoms with E-state index in [2.05, 4.69) is 10.3 Å². The van der Waals surface area contributed by atoms with Gasteiger partial charge in [0.2, 0.25) is 0 Å². The van der Waals surface area contributed by atoms with Gasteiger partial charge in [0, 0.05) is 24.4 Å². The van der Waals surface area contributed by atoms with Crippen molar-refractivity contribution in [2.45, 2.75) is 44.0 Å². The predicted molar refractivity (Wildman–Crippen MR) is 107 cm³/mol. The Morgan fingerprint density at radius 1 is 1.26 bits per heavy atom. The zero-order valence-corrected chi connectivity index (χ0v) is 17.0. The van der Waals surface area contributed by atoms with Crippen molar-refractivity contribution in [2.24, 2.45) is 4.99 Å². The van der Waals surface area contributed by atoms with Crippen molar-refractivity contribution >= 4 is 17.8 Å². The smallest absolute Gasteiger partial charge is 0.422 e. The van der Waals surface area contributed by atoms with Gasteiger partial charge in [0.15, 0.2) is 5.60 Å². The summed E-state index contributed by atoms with van der Waals surface area (Å²) in [4.78, 5) is 15.5. The van der Waals surface area contributed by atoms with Crippen LogP contribution in [0.1, 0.15) is 47.2 Å². The van der Waals surface area contributed by atoms with E-state index in [9.17, 15) is 27.5 Å². The molecule has 1 aliphatic heterocycles. The van der Waals surface area contributed by atoms with Crippen molar-refractivity contribution in [1.82, 2.24) is 5.32 Å². The van der Waals surface area contributed by atoms with Crippen LogP contribution in [0.5, 0.6) is 5.75 Å². The summed E-state index contributed by atoms with van der Waals surface area (Å²) in [5.74, 6) is -1.48. The van der Waals surface area contributed by atoms with Crippen LogP contribution < -0.4 is 10.1 Å². The van der Waals surface area contributed by atoms with Crippen LogP contribution in [-0.4, -0.2) is 36.1 Å². The van der Waals surface area contributed by atoms with Crippen LogP contribution >= 0.6 is 0 Å². The molecule has 0 saturated carbocycles. The number of aliphatic imine (C=N–C) groups is 1. The number of carbonyl (C=O) groups excluding carboxylic acids is 1. The summed E-state index contributed by atoms with van der Waals surface area (Å²) < 4.78 is 60.2. The third-order valence-electron chi connectivity index (χ3n) is 5.38. The summed E-state index contributed by atoms with van der Waals surface area (Å²) in [5, 5.41) is 13.2. The van der Waals surface area contributed by atoms with E-state index in [1.807, 2.05) is 0 Å². The van der Waals surface area contributed by atoms with E-state index in [1.54, 1.807) is 6.92 Å². The molecule has 31 heavy (non-hydrogen) atoms. The molecule has 2 aromatic rings. The third-order valence-corrected chi connectivity index (χ3v) is 5.38. The van der Waals surface area contributed by atoms with Gasteiger partial charge in [-0.25, -0.2) is 4.39 Å². The van der Waals surface area contributed by atoms with E-state index in [0.29, 0.717) is 22.9 Å². The summed E-state index contributed by atoms with van der Waals surface area (Å²) in [5.41, 5.74) is -1.60. The monoisotopic (exact) mass is 438 g/mol. The lowest BCUT2D eigenvalue weighted by atomic mass is 9.84. The topological polar surface area (TPSA) is 70.9 Å². The quantitative estimate of drug-likeness (QED) is 0.488. The number of halogens is 4. The third kappa shape index (κ3) is 4.71. The molecule has 3 rings (SSSR count). The van der Waals surface area contributed by atoms with Gasteiger partial charge in [-0.1, -0.05) is 13.0 Å². The highest BCUT2D eigenvalue weighted by atomic mass is 19.4. The average Bonchev–Trinajstić information content (AvgIpc) is 3.10. The minimum Gasteiger partial charge on any atom is -0.496 e. The molecule has 0 radical (unpaired) electrons. The first-order valence-corrected chi connectivity index (χ1v) is 9.67. The summed E-state index contributed by atoms with van der Waals surface area (Å²) in [6.07, 6.45) is -4.98. The van der Waals surface area contributed by atoms with E-state index < -0.39 is 29.9 Å². The zero-order chi connectivity index (χ0) is 22.8. The fourth-order valence-electron chi connectivity index (χ4n) is 3.59. The van der Waals surface area contributed by atoms with Crippen LogP contribution in [0.4, 0.5) is 23.2 Å². The first-order valence-electron chi connectivity index (χ1n) is 9.67. The van der Waals surface area contributed by atoms with Gasteiger partial charge < -0.3 is 15.2 Å². The molecule has 9 heteroatoms. The SMILES string of the molecule is CCC(CC(O)(/C=N/c1ccc2c(c1)CNC2=O)C(F)(F)F)c1ccc(F)cc1OC. The van der Waals surface area contributed by atoms with Crippen LogP contribution in [0.3, 0.4) is 0 Å². The molecule has 166 valence electrons. The second-order valence-electron chi connectivity index (χ2n) is 7.40. The predicted octanol–water partition coefficient (Wildman–Crippen LogP) is 4.66. The van der Waals surface area contributed by atoms with E-state index in [0.717, 1.165) is 12.1 Å². The highest BCUT2D eigenvalue weighted by Gasteiger charge is 2.53. The Balaban J connectivity index is 1.92. The van der Waals surface area contributed by atoms with Crippen molar-refractivity contribution < 1.29 is 32.2 Å². The number of amides is 1. The van der Waals surface area contributed by atoms with Crippen LogP contribution in [0.15, 0.2) is 41.4 Å². The number of carbonyl (C=O) groups is 1. The van der Waals surface area contributed by atoms with Gasteiger partial charge in [-0.2, -0.15) is 13.2 Å². The summed E-state index contributed by atoms with van der Waals surface area (Å²) in [7, 11) is 1.30. The molecule has 0 bridgehead atoms. The van der Waals surface area contributed by atoms with Crippen molar-refractivity contribution in [3.8, 4) is 5.75 Å². The summed E-state index contributed by atoms with van der Waals surface area (Å²) >= 11 is 0. The summed E-state index contributed by atoms with van der Waals surface area (Å²) in [6, 6.07) is 7.99. The summed E-state index contributed by atoms with van der Waals surface area (Å²) in [6.45, 7) is 1.94. The van der Waals surface area contributed by atoms with Crippen LogP contribution in [0.25, 0.3) is 0 Å². The Hall–Kier alpha value is -2.94. The van der Waals surface area contributed by atoms with Gasteiger partial charge in [-0.05, 0) is 54.2 Å². The van der Waals surface area contributed by atoms with Crippen molar-refractivity contribution in [3.05, 3.63) is 58.9 Å². The molecule has 5 nitrogen and oxygen atoms in total. The molecule has 1 aliphatic rings. The number of aliphatic hydroxyl groups is 1. The van der Waals surface area contributed by atoms with Gasteiger partial charge in [-0.3, -0.25) is 9.79 Å². The minimum atomic E-state index is -4.99. The highest BCUT2D eigenvalue weighted by Crippen LogP contribution is 2.41. The van der Waals surface area contributed by atoms with Crippen molar-refractivity contribution in [1.29, 1.82) is 0 Å². The normalized spacial score (nSPS) is 16.7. The second-order valence-corrected chi connectivity index (χ2v) is 7.40. The molecule has 0 aromatic heterocycles. The highest BCUT2D eigenvalue weighted by molar-refractivity contribution is 5.98. The Kier molecular flexibility index (Phi) is 6.35.